The number of halogens is 3. The molecule has 3 atom stereocenters. The van der Waals surface area contributed by atoms with Crippen molar-refractivity contribution in [3.63, 3.8) is 0 Å². The number of rotatable bonds is 6. The Morgan fingerprint density at radius 2 is 1.90 bits per heavy atom. The number of pyridine rings is 1. The number of aromatic nitrogens is 1. The lowest BCUT2D eigenvalue weighted by Crippen LogP contribution is -2.30. The predicted molar refractivity (Wildman–Crippen MR) is 119 cm³/mol. The molecular weight excluding hydrogens is 422 g/mol. The van der Waals surface area contributed by atoms with Gasteiger partial charge in [-0.3, -0.25) is 4.90 Å². The second-order valence-electron chi connectivity index (χ2n) is 7.76. The van der Waals surface area contributed by atoms with E-state index in [4.69, 9.17) is 27.9 Å². The van der Waals surface area contributed by atoms with E-state index < -0.39 is 0 Å². The van der Waals surface area contributed by atoms with Crippen LogP contribution >= 0.6 is 23.2 Å². The molecule has 1 aliphatic rings. The van der Waals surface area contributed by atoms with Gasteiger partial charge in [-0.25, -0.2) is 9.37 Å². The van der Waals surface area contributed by atoms with E-state index in [1.807, 2.05) is 31.2 Å². The van der Waals surface area contributed by atoms with E-state index in [0.29, 0.717) is 10.9 Å². The molecular formula is C24H23Cl2FN2O. The van der Waals surface area contributed by atoms with Crippen LogP contribution < -0.4 is 4.74 Å². The van der Waals surface area contributed by atoms with E-state index >= 15 is 0 Å². The quantitative estimate of drug-likeness (QED) is 0.451. The van der Waals surface area contributed by atoms with Crippen LogP contribution in [0.1, 0.15) is 24.0 Å². The summed E-state index contributed by atoms with van der Waals surface area (Å²) in [4.78, 5) is 6.65. The Morgan fingerprint density at radius 1 is 1.10 bits per heavy atom. The van der Waals surface area contributed by atoms with Crippen LogP contribution in [0.5, 0.6) is 5.88 Å². The summed E-state index contributed by atoms with van der Waals surface area (Å²) in [6.07, 6.45) is 1.47. The van der Waals surface area contributed by atoms with Gasteiger partial charge in [0.25, 0.3) is 0 Å². The molecule has 3 aromatic rings. The molecule has 30 heavy (non-hydrogen) atoms. The van der Waals surface area contributed by atoms with Crippen LogP contribution in [-0.4, -0.2) is 29.1 Å². The van der Waals surface area contributed by atoms with Gasteiger partial charge in [0, 0.05) is 43.7 Å². The largest absolute Gasteiger partial charge is 0.474 e. The van der Waals surface area contributed by atoms with Crippen molar-refractivity contribution in [3.8, 4) is 5.88 Å². The first-order valence-corrected chi connectivity index (χ1v) is 10.7. The van der Waals surface area contributed by atoms with E-state index in [0.717, 1.165) is 25.2 Å². The van der Waals surface area contributed by atoms with Gasteiger partial charge >= 0.3 is 0 Å². The van der Waals surface area contributed by atoms with E-state index in [1.54, 1.807) is 30.5 Å². The molecule has 2 heterocycles. The number of hydrogen-bond donors (Lipinski definition) is 0. The van der Waals surface area contributed by atoms with Crippen molar-refractivity contribution in [1.82, 2.24) is 9.88 Å². The Labute approximate surface area is 186 Å². The molecule has 1 saturated heterocycles. The highest BCUT2D eigenvalue weighted by atomic mass is 35.5. The molecule has 0 aliphatic carbocycles. The van der Waals surface area contributed by atoms with Crippen LogP contribution in [0.25, 0.3) is 0 Å². The number of nitrogens with zero attached hydrogens (tertiary/aromatic N) is 2. The minimum atomic E-state index is -0.387. The van der Waals surface area contributed by atoms with Crippen LogP contribution in [0.4, 0.5) is 4.39 Å². The summed E-state index contributed by atoms with van der Waals surface area (Å²) < 4.78 is 20.3. The number of hydrogen-bond acceptors (Lipinski definition) is 3. The van der Waals surface area contributed by atoms with Crippen LogP contribution in [0.15, 0.2) is 66.9 Å². The van der Waals surface area contributed by atoms with Crippen molar-refractivity contribution < 1.29 is 9.13 Å². The van der Waals surface area contributed by atoms with E-state index in [9.17, 15) is 4.39 Å². The third-order valence-electron chi connectivity index (χ3n) is 5.67. The normalized spacial score (nSPS) is 20.3. The topological polar surface area (TPSA) is 25.4 Å². The molecule has 3 unspecified atom stereocenters. The van der Waals surface area contributed by atoms with Gasteiger partial charge in [-0.05, 0) is 36.2 Å². The monoisotopic (exact) mass is 444 g/mol. The van der Waals surface area contributed by atoms with Crippen LogP contribution in [0.2, 0.25) is 10.0 Å². The first-order chi connectivity index (χ1) is 14.5. The lowest BCUT2D eigenvalue weighted by Gasteiger charge is -2.26. The maximum Gasteiger partial charge on any atom is 0.213 e. The van der Waals surface area contributed by atoms with Gasteiger partial charge < -0.3 is 4.74 Å². The summed E-state index contributed by atoms with van der Waals surface area (Å²) >= 11 is 11.8. The van der Waals surface area contributed by atoms with Gasteiger partial charge in [0.1, 0.15) is 11.9 Å². The van der Waals surface area contributed by atoms with Gasteiger partial charge in [-0.1, -0.05) is 59.6 Å². The van der Waals surface area contributed by atoms with E-state index in [1.165, 1.54) is 5.56 Å². The number of ether oxygens (including phenoxy) is 1. The molecule has 1 aromatic heterocycles. The Kier molecular flexibility index (Phi) is 6.57. The highest BCUT2D eigenvalue weighted by molar-refractivity contribution is 6.30. The highest BCUT2D eigenvalue weighted by Gasteiger charge is 2.38. The summed E-state index contributed by atoms with van der Waals surface area (Å²) in [5.41, 5.74) is 2.20. The number of benzene rings is 2. The minimum Gasteiger partial charge on any atom is -0.474 e. The van der Waals surface area contributed by atoms with Crippen LogP contribution in [-0.2, 0) is 6.54 Å². The Bertz CT molecular complexity index is 984. The molecule has 156 valence electrons. The van der Waals surface area contributed by atoms with Gasteiger partial charge in [-0.15, -0.1) is 0 Å². The van der Waals surface area contributed by atoms with Gasteiger partial charge in [0.15, 0.2) is 0 Å². The first kappa shape index (κ1) is 21.1. The molecule has 0 bridgehead atoms. The second-order valence-corrected chi connectivity index (χ2v) is 8.60. The average molecular weight is 445 g/mol. The third-order valence-corrected chi connectivity index (χ3v) is 6.20. The zero-order valence-electron chi connectivity index (χ0n) is 16.6. The summed E-state index contributed by atoms with van der Waals surface area (Å²) in [6, 6.07) is 19.0. The summed E-state index contributed by atoms with van der Waals surface area (Å²) in [6.45, 7) is 4.56. The Morgan fingerprint density at radius 3 is 2.60 bits per heavy atom. The van der Waals surface area contributed by atoms with Crippen molar-refractivity contribution in [2.45, 2.75) is 25.5 Å². The van der Waals surface area contributed by atoms with Gasteiger partial charge in [0.05, 0.1) is 10.0 Å². The molecule has 1 fully saturated rings. The fourth-order valence-electron chi connectivity index (χ4n) is 4.17. The smallest absolute Gasteiger partial charge is 0.213 e. The van der Waals surface area contributed by atoms with Crippen molar-refractivity contribution >= 4 is 23.2 Å². The zero-order chi connectivity index (χ0) is 21.1. The first-order valence-electron chi connectivity index (χ1n) is 9.99. The minimum absolute atomic E-state index is 0.108. The zero-order valence-corrected chi connectivity index (χ0v) is 18.2. The van der Waals surface area contributed by atoms with E-state index in [2.05, 4.69) is 22.0 Å². The third kappa shape index (κ3) is 4.94. The fourth-order valence-corrected chi connectivity index (χ4v) is 4.39. The number of likely N-dealkylation sites (tertiary alicyclic amines) is 1. The second kappa shape index (κ2) is 9.34. The SMILES string of the molecule is CC(Oc1ccc(Cl)cn1)C1CN(Cc2ccccc2)CC1c1ccc(Cl)c(F)c1. The Hall–Kier alpha value is -2.14. The summed E-state index contributed by atoms with van der Waals surface area (Å²) in [5.74, 6) is 0.450. The lowest BCUT2D eigenvalue weighted by molar-refractivity contribution is 0.138. The average Bonchev–Trinajstić information content (AvgIpc) is 3.16. The maximum atomic E-state index is 14.2. The summed E-state index contributed by atoms with van der Waals surface area (Å²) in [5, 5.41) is 0.712. The van der Waals surface area contributed by atoms with Crippen molar-refractivity contribution in [2.24, 2.45) is 5.92 Å². The predicted octanol–water partition coefficient (Wildman–Crippen LogP) is 6.21. The van der Waals surface area contributed by atoms with E-state index in [-0.39, 0.29) is 28.8 Å². The molecule has 6 heteroatoms. The maximum absolute atomic E-state index is 14.2. The lowest BCUT2D eigenvalue weighted by atomic mass is 9.85. The molecule has 0 N–H and O–H groups in total. The summed E-state index contributed by atoms with van der Waals surface area (Å²) in [7, 11) is 0. The van der Waals surface area contributed by atoms with Crippen molar-refractivity contribution in [1.29, 1.82) is 0 Å². The van der Waals surface area contributed by atoms with Crippen LogP contribution in [0.3, 0.4) is 0 Å². The Balaban J connectivity index is 1.56. The molecule has 0 saturated carbocycles. The molecule has 0 amide bonds. The van der Waals surface area contributed by atoms with Crippen molar-refractivity contribution in [3.05, 3.63) is 93.8 Å². The molecule has 0 radical (unpaired) electrons. The fraction of sp³-hybridized carbons (Fsp3) is 0.292. The molecule has 4 rings (SSSR count). The standard InChI is InChI=1S/C24H23Cl2FN2O/c1-16(30-24-10-8-19(25)12-28-24)20-14-29(13-17-5-3-2-4-6-17)15-21(20)18-7-9-22(26)23(27)11-18/h2-12,16,20-21H,13-15H2,1H3. The highest BCUT2D eigenvalue weighted by Crippen LogP contribution is 2.37. The van der Waals surface area contributed by atoms with Gasteiger partial charge in [0.2, 0.25) is 5.88 Å². The van der Waals surface area contributed by atoms with Gasteiger partial charge in [-0.2, -0.15) is 0 Å². The molecule has 1 aliphatic heterocycles. The van der Waals surface area contributed by atoms with Crippen LogP contribution in [0, 0.1) is 11.7 Å². The molecule has 3 nitrogen and oxygen atoms in total. The van der Waals surface area contributed by atoms with Crippen molar-refractivity contribution in [2.75, 3.05) is 13.1 Å². The molecule has 2 aromatic carbocycles. The molecule has 0 spiro atoms.